The number of nitrogens with zero attached hydrogens (tertiary/aromatic N) is 5. The molecule has 0 aliphatic carbocycles. The summed E-state index contributed by atoms with van der Waals surface area (Å²) < 4.78 is 25.0. The van der Waals surface area contributed by atoms with E-state index in [1.54, 1.807) is 31.1 Å². The van der Waals surface area contributed by atoms with Crippen LogP contribution in [0, 0.1) is 0 Å². The van der Waals surface area contributed by atoms with Crippen LogP contribution in [0.2, 0.25) is 10.0 Å². The number of nitrogens with one attached hydrogen (secondary N) is 3. The summed E-state index contributed by atoms with van der Waals surface area (Å²) >= 11 is 12.9. The SMILES string of the molecule is CN(C)CCCNCC(=O)Nc1ccc(Cc2nc3c(c(N(C)C)nn3-c3c(Cl)cc(S(N)(=O)=O)cc3Cl)c(=O)[nH]2)cc1. The predicted molar refractivity (Wildman–Crippen MR) is 169 cm³/mol. The Morgan fingerprint density at radius 1 is 1.09 bits per heavy atom. The third kappa shape index (κ3) is 7.90. The van der Waals surface area contributed by atoms with Gasteiger partial charge in [-0.2, -0.15) is 0 Å². The van der Waals surface area contributed by atoms with Crippen molar-refractivity contribution in [2.45, 2.75) is 17.7 Å². The van der Waals surface area contributed by atoms with Crippen LogP contribution in [-0.4, -0.2) is 86.8 Å². The fourth-order valence-electron chi connectivity index (χ4n) is 4.34. The van der Waals surface area contributed by atoms with E-state index in [1.807, 2.05) is 26.2 Å². The monoisotopic (exact) mass is 649 g/mol. The van der Waals surface area contributed by atoms with Crippen molar-refractivity contribution >= 4 is 61.7 Å². The number of anilines is 2. The van der Waals surface area contributed by atoms with Gasteiger partial charge in [-0.15, -0.1) is 5.10 Å². The van der Waals surface area contributed by atoms with E-state index >= 15 is 0 Å². The number of carbonyl (C=O) groups excluding carboxylic acids is 1. The smallest absolute Gasteiger partial charge is 0.264 e. The first kappa shape index (κ1) is 32.4. The lowest BCUT2D eigenvalue weighted by Crippen LogP contribution is -2.30. The highest BCUT2D eigenvalue weighted by molar-refractivity contribution is 7.89. The summed E-state index contributed by atoms with van der Waals surface area (Å²) in [7, 11) is 3.37. The molecule has 43 heavy (non-hydrogen) atoms. The van der Waals surface area contributed by atoms with Crippen LogP contribution in [0.15, 0.2) is 46.1 Å². The largest absolute Gasteiger partial charge is 0.361 e. The normalized spacial score (nSPS) is 11.8. The molecule has 0 saturated carbocycles. The predicted octanol–water partition coefficient (Wildman–Crippen LogP) is 2.20. The molecule has 16 heteroatoms. The lowest BCUT2D eigenvalue weighted by Gasteiger charge is -2.11. The Labute approximate surface area is 259 Å². The Morgan fingerprint density at radius 2 is 1.74 bits per heavy atom. The fraction of sp³-hybridized carbons (Fsp3) is 0.333. The topological polar surface area (TPSA) is 171 Å². The minimum atomic E-state index is -4.07. The summed E-state index contributed by atoms with van der Waals surface area (Å²) in [6.07, 6.45) is 1.21. The molecule has 0 bridgehead atoms. The zero-order valence-corrected chi connectivity index (χ0v) is 26.4. The van der Waals surface area contributed by atoms with E-state index in [1.165, 1.54) is 4.68 Å². The Kier molecular flexibility index (Phi) is 10.1. The number of aromatic nitrogens is 4. The maximum absolute atomic E-state index is 13.3. The first-order valence-corrected chi connectivity index (χ1v) is 15.5. The maximum Gasteiger partial charge on any atom is 0.264 e. The van der Waals surface area contributed by atoms with Gasteiger partial charge in [0.1, 0.15) is 16.9 Å². The van der Waals surface area contributed by atoms with Crippen molar-refractivity contribution in [3.63, 3.8) is 0 Å². The molecule has 0 radical (unpaired) electrons. The highest BCUT2D eigenvalue weighted by Gasteiger charge is 2.24. The number of hydrogen-bond donors (Lipinski definition) is 4. The fourth-order valence-corrected chi connectivity index (χ4v) is 5.68. The van der Waals surface area contributed by atoms with Crippen molar-refractivity contribution in [1.82, 2.24) is 30.0 Å². The summed E-state index contributed by atoms with van der Waals surface area (Å²) in [4.78, 5) is 36.5. The first-order valence-electron chi connectivity index (χ1n) is 13.2. The number of fused-ring (bicyclic) bond motifs is 1. The van der Waals surface area contributed by atoms with Gasteiger partial charge in [-0.3, -0.25) is 9.59 Å². The average Bonchev–Trinajstić information content (AvgIpc) is 3.28. The van der Waals surface area contributed by atoms with E-state index in [-0.39, 0.29) is 50.5 Å². The molecule has 0 atom stereocenters. The van der Waals surface area contributed by atoms with Gasteiger partial charge >= 0.3 is 0 Å². The molecule has 4 rings (SSSR count). The quantitative estimate of drug-likeness (QED) is 0.168. The molecule has 2 aromatic carbocycles. The summed E-state index contributed by atoms with van der Waals surface area (Å²) in [6.45, 7) is 1.90. The molecule has 0 aliphatic rings. The second kappa shape index (κ2) is 13.4. The Hall–Kier alpha value is -3.53. The van der Waals surface area contributed by atoms with Crippen molar-refractivity contribution in [3.05, 3.63) is 68.2 Å². The number of H-pyrrole nitrogens is 1. The number of halogens is 2. The number of nitrogens with two attached hydrogens (primary N) is 1. The number of primary sulfonamides is 1. The molecule has 0 unspecified atom stereocenters. The standard InChI is InChI=1S/C27H33Cl2N9O4S/c1-36(2)11-5-10-31-15-22(39)32-17-8-6-16(7-9-17)12-21-33-25-23(27(40)34-21)26(37(3)4)35-38(25)24-19(28)13-18(14-20(24)29)43(30,41)42/h6-9,13-14,31H,5,10-12,15H2,1-4H3,(H,32,39)(H2,30,41,42)(H,33,34,40). The van der Waals surface area contributed by atoms with Gasteiger partial charge in [0.2, 0.25) is 15.9 Å². The van der Waals surface area contributed by atoms with Gasteiger partial charge in [-0.25, -0.2) is 23.2 Å². The van der Waals surface area contributed by atoms with E-state index in [2.05, 4.69) is 30.6 Å². The minimum absolute atomic E-state index is 0.0451. The van der Waals surface area contributed by atoms with Crippen LogP contribution in [0.3, 0.4) is 0 Å². The first-order chi connectivity index (χ1) is 20.2. The molecule has 0 fully saturated rings. The van der Waals surface area contributed by atoms with E-state index < -0.39 is 15.6 Å². The van der Waals surface area contributed by atoms with E-state index in [0.29, 0.717) is 17.3 Å². The van der Waals surface area contributed by atoms with E-state index in [9.17, 15) is 18.0 Å². The van der Waals surface area contributed by atoms with Crippen LogP contribution in [0.4, 0.5) is 11.5 Å². The molecule has 0 aliphatic heterocycles. The zero-order chi connectivity index (χ0) is 31.5. The van der Waals surface area contributed by atoms with Gasteiger partial charge in [0.15, 0.2) is 11.5 Å². The van der Waals surface area contributed by atoms with Crippen LogP contribution in [-0.2, 0) is 21.2 Å². The second-order valence-electron chi connectivity index (χ2n) is 10.4. The highest BCUT2D eigenvalue weighted by atomic mass is 35.5. The van der Waals surface area contributed by atoms with Crippen molar-refractivity contribution in [2.75, 3.05) is 58.0 Å². The number of aromatic amines is 1. The summed E-state index contributed by atoms with van der Waals surface area (Å²) in [5.74, 6) is 0.509. The van der Waals surface area contributed by atoms with Crippen LogP contribution in [0.5, 0.6) is 0 Å². The second-order valence-corrected chi connectivity index (χ2v) is 12.8. The third-order valence-corrected chi connectivity index (χ3v) is 7.85. The van der Waals surface area contributed by atoms with E-state index in [0.717, 1.165) is 37.2 Å². The Balaban J connectivity index is 1.59. The summed E-state index contributed by atoms with van der Waals surface area (Å²) in [6, 6.07) is 9.53. The lowest BCUT2D eigenvalue weighted by molar-refractivity contribution is -0.115. The van der Waals surface area contributed by atoms with Crippen molar-refractivity contribution in [1.29, 1.82) is 0 Å². The van der Waals surface area contributed by atoms with Crippen molar-refractivity contribution < 1.29 is 13.2 Å². The van der Waals surface area contributed by atoms with Gasteiger partial charge in [0, 0.05) is 26.2 Å². The van der Waals surface area contributed by atoms with Gasteiger partial charge < -0.3 is 25.4 Å². The van der Waals surface area contributed by atoms with Gasteiger partial charge in [-0.1, -0.05) is 35.3 Å². The number of rotatable bonds is 12. The number of carbonyl (C=O) groups is 1. The average molecular weight is 651 g/mol. The number of benzene rings is 2. The van der Waals surface area contributed by atoms with Crippen molar-refractivity contribution in [3.8, 4) is 5.69 Å². The number of sulfonamides is 1. The lowest BCUT2D eigenvalue weighted by atomic mass is 10.1. The number of amides is 1. The van der Waals surface area contributed by atoms with Gasteiger partial charge in [-0.05, 0) is 63.4 Å². The number of hydrogen-bond acceptors (Lipinski definition) is 9. The molecule has 0 spiro atoms. The molecule has 4 aromatic rings. The molecule has 13 nitrogen and oxygen atoms in total. The molecule has 2 heterocycles. The maximum atomic E-state index is 13.3. The van der Waals surface area contributed by atoms with Gasteiger partial charge in [0.05, 0.1) is 21.5 Å². The van der Waals surface area contributed by atoms with E-state index in [4.69, 9.17) is 28.3 Å². The Morgan fingerprint density at radius 3 is 2.33 bits per heavy atom. The third-order valence-electron chi connectivity index (χ3n) is 6.38. The van der Waals surface area contributed by atoms with Crippen LogP contribution >= 0.6 is 23.2 Å². The van der Waals surface area contributed by atoms with Crippen LogP contribution in [0.25, 0.3) is 16.7 Å². The zero-order valence-electron chi connectivity index (χ0n) is 24.1. The van der Waals surface area contributed by atoms with Crippen molar-refractivity contribution in [2.24, 2.45) is 5.14 Å². The summed E-state index contributed by atoms with van der Waals surface area (Å²) in [5, 5.41) is 15.9. The molecule has 230 valence electrons. The van der Waals surface area contributed by atoms with Crippen LogP contribution < -0.4 is 26.2 Å². The summed E-state index contributed by atoms with van der Waals surface area (Å²) in [5.41, 5.74) is 1.36. The molecule has 0 saturated heterocycles. The molecule has 2 aromatic heterocycles. The molecule has 1 amide bonds. The van der Waals surface area contributed by atoms with Gasteiger partial charge in [0.25, 0.3) is 5.56 Å². The minimum Gasteiger partial charge on any atom is -0.361 e. The molecule has 5 N–H and O–H groups in total. The molecular weight excluding hydrogens is 617 g/mol. The van der Waals surface area contributed by atoms with Crippen LogP contribution in [0.1, 0.15) is 17.8 Å². The molecular formula is C27H33Cl2N9O4S. The Bertz CT molecular complexity index is 1780. The highest BCUT2D eigenvalue weighted by Crippen LogP contribution is 2.34.